The highest BCUT2D eigenvalue weighted by Gasteiger charge is 2.28. The van der Waals surface area contributed by atoms with Crippen molar-refractivity contribution in [3.63, 3.8) is 0 Å². The van der Waals surface area contributed by atoms with E-state index in [0.717, 1.165) is 55.0 Å². The summed E-state index contributed by atoms with van der Waals surface area (Å²) in [6.45, 7) is 7.66. The van der Waals surface area contributed by atoms with Gasteiger partial charge in [-0.2, -0.15) is 0 Å². The summed E-state index contributed by atoms with van der Waals surface area (Å²) < 4.78 is 25.7. The Labute approximate surface area is 238 Å². The maximum atomic E-state index is 13.6. The number of amides is 2. The van der Waals surface area contributed by atoms with Crippen LogP contribution in [0.2, 0.25) is 0 Å². The van der Waals surface area contributed by atoms with Crippen LogP contribution in [0.15, 0.2) is 30.3 Å². The Balaban J connectivity index is 1.50. The van der Waals surface area contributed by atoms with Gasteiger partial charge in [0.1, 0.15) is 5.82 Å². The molecule has 2 aliphatic rings. The third-order valence-corrected chi connectivity index (χ3v) is 9.10. The molecule has 1 unspecified atom stereocenters. The Bertz CT molecular complexity index is 1320. The number of piperidine rings is 1. The van der Waals surface area contributed by atoms with Crippen LogP contribution in [0.5, 0.6) is 0 Å². The van der Waals surface area contributed by atoms with Gasteiger partial charge >= 0.3 is 0 Å². The smallest absolute Gasteiger partial charge is 0.223 e. The number of nitrogens with zero attached hydrogens (tertiary/aromatic N) is 6. The molecular weight excluding hydrogens is 528 g/mol. The fraction of sp³-hybridized carbons (Fsp3) is 0.586. The van der Waals surface area contributed by atoms with Crippen LogP contribution in [-0.4, -0.2) is 96.9 Å². The van der Waals surface area contributed by atoms with Crippen molar-refractivity contribution in [3.8, 4) is 0 Å². The highest BCUT2D eigenvalue weighted by molar-refractivity contribution is 7.88. The number of carbonyl (C=O) groups is 2. The molecule has 1 atom stereocenters. The van der Waals surface area contributed by atoms with Gasteiger partial charge in [-0.1, -0.05) is 18.2 Å². The van der Waals surface area contributed by atoms with Crippen molar-refractivity contribution < 1.29 is 18.0 Å². The van der Waals surface area contributed by atoms with Crippen LogP contribution in [0.1, 0.15) is 61.3 Å². The molecule has 0 spiro atoms. The molecule has 0 saturated carbocycles. The van der Waals surface area contributed by atoms with Gasteiger partial charge in [-0.3, -0.25) is 9.59 Å². The lowest BCUT2D eigenvalue weighted by Gasteiger charge is -2.30. The first-order chi connectivity index (χ1) is 19.0. The summed E-state index contributed by atoms with van der Waals surface area (Å²) >= 11 is 0. The van der Waals surface area contributed by atoms with Gasteiger partial charge < -0.3 is 14.7 Å². The molecule has 40 heavy (non-hydrogen) atoms. The van der Waals surface area contributed by atoms with Gasteiger partial charge in [-0.25, -0.2) is 22.7 Å². The minimum absolute atomic E-state index is 0.000199. The van der Waals surface area contributed by atoms with Gasteiger partial charge in [0.15, 0.2) is 0 Å². The summed E-state index contributed by atoms with van der Waals surface area (Å²) in [6, 6.07) is 9.78. The summed E-state index contributed by atoms with van der Waals surface area (Å²) in [7, 11) is -1.20. The molecule has 0 radical (unpaired) electrons. The molecule has 218 valence electrons. The summed E-state index contributed by atoms with van der Waals surface area (Å²) in [6.07, 6.45) is 4.56. The highest BCUT2D eigenvalue weighted by atomic mass is 32.2. The van der Waals surface area contributed by atoms with Crippen molar-refractivity contribution in [1.29, 1.82) is 0 Å². The number of sulfonamides is 1. The number of likely N-dealkylation sites (N-methyl/N-ethyl adjacent to an activating group) is 1. The average molecular weight is 571 g/mol. The lowest BCUT2D eigenvalue weighted by atomic mass is 9.95. The fourth-order valence-electron chi connectivity index (χ4n) is 5.63. The third kappa shape index (κ3) is 7.86. The second kappa shape index (κ2) is 13.2. The molecule has 1 fully saturated rings. The minimum atomic E-state index is -3.25. The number of rotatable bonds is 5. The van der Waals surface area contributed by atoms with Gasteiger partial charge in [-0.05, 0) is 63.9 Å². The Morgan fingerprint density at radius 2 is 1.80 bits per heavy atom. The van der Waals surface area contributed by atoms with Crippen molar-refractivity contribution in [2.75, 3.05) is 57.5 Å². The zero-order valence-corrected chi connectivity index (χ0v) is 25.0. The Kier molecular flexibility index (Phi) is 9.91. The number of benzene rings is 1. The quantitative estimate of drug-likeness (QED) is 0.544. The molecule has 11 heteroatoms. The van der Waals surface area contributed by atoms with Gasteiger partial charge in [0.05, 0.1) is 6.26 Å². The van der Waals surface area contributed by atoms with Crippen molar-refractivity contribution in [2.24, 2.45) is 0 Å². The lowest BCUT2D eigenvalue weighted by molar-refractivity contribution is -0.132. The maximum Gasteiger partial charge on any atom is 0.223 e. The second-order valence-electron chi connectivity index (χ2n) is 11.1. The Morgan fingerprint density at radius 3 is 2.55 bits per heavy atom. The second-order valence-corrected chi connectivity index (χ2v) is 13.0. The summed E-state index contributed by atoms with van der Waals surface area (Å²) in [5.74, 6) is 0.684. The molecule has 10 nitrogen and oxygen atoms in total. The summed E-state index contributed by atoms with van der Waals surface area (Å²) in [5, 5.41) is 0. The fourth-order valence-corrected chi connectivity index (χ4v) is 6.54. The molecule has 1 saturated heterocycles. The molecule has 3 heterocycles. The van der Waals surface area contributed by atoms with Crippen molar-refractivity contribution in [3.05, 3.63) is 53.1 Å². The number of aryl methyl sites for hydroxylation is 2. The number of fused-ring (bicyclic) bond motifs is 1. The number of carbonyl (C=O) groups excluding carboxylic acids is 2. The van der Waals surface area contributed by atoms with Gasteiger partial charge in [0, 0.05) is 75.6 Å². The van der Waals surface area contributed by atoms with E-state index in [4.69, 9.17) is 0 Å². The molecule has 2 amide bonds. The van der Waals surface area contributed by atoms with E-state index in [1.54, 1.807) is 6.92 Å². The molecule has 0 bridgehead atoms. The maximum absolute atomic E-state index is 13.6. The van der Waals surface area contributed by atoms with E-state index >= 15 is 0 Å². The zero-order valence-electron chi connectivity index (χ0n) is 24.2. The molecule has 2 aliphatic heterocycles. The predicted molar refractivity (Wildman–Crippen MR) is 155 cm³/mol. The van der Waals surface area contributed by atoms with E-state index in [-0.39, 0.29) is 17.7 Å². The standard InChI is InChI=1S/C29H42N6O4S/c1-22-30-26(19-27(31-22)24-10-7-15-34(21-24)40(4,38)39)12-13-29(37)33-18-17-32(3)14-8-16-35(23(2)36)28-11-6-5-9-25(28)20-33/h5-6,9,11,19,24H,7-8,10,12-18,20-21H2,1-4H3. The largest absolute Gasteiger partial charge is 0.337 e. The highest BCUT2D eigenvalue weighted by Crippen LogP contribution is 2.28. The monoisotopic (exact) mass is 570 g/mol. The summed E-state index contributed by atoms with van der Waals surface area (Å²) in [4.78, 5) is 41.2. The molecule has 1 aromatic heterocycles. The molecule has 0 N–H and O–H groups in total. The zero-order chi connectivity index (χ0) is 28.9. The molecule has 0 aliphatic carbocycles. The van der Waals surface area contributed by atoms with Crippen molar-refractivity contribution in [2.45, 2.75) is 58.4 Å². The Morgan fingerprint density at radius 1 is 1.02 bits per heavy atom. The molecule has 2 aromatic rings. The average Bonchev–Trinajstić information content (AvgIpc) is 2.94. The first kappa shape index (κ1) is 30.1. The van der Waals surface area contributed by atoms with Gasteiger partial charge in [-0.15, -0.1) is 0 Å². The minimum Gasteiger partial charge on any atom is -0.337 e. The van der Waals surface area contributed by atoms with E-state index in [9.17, 15) is 18.0 Å². The number of hydrogen-bond donors (Lipinski definition) is 0. The van der Waals surface area contributed by atoms with Gasteiger partial charge in [0.2, 0.25) is 21.8 Å². The Hall–Kier alpha value is -2.89. The van der Waals surface area contributed by atoms with E-state index in [1.165, 1.54) is 10.6 Å². The lowest BCUT2D eigenvalue weighted by Crippen LogP contribution is -2.38. The van der Waals surface area contributed by atoms with Crippen LogP contribution in [0.4, 0.5) is 5.69 Å². The van der Waals surface area contributed by atoms with Crippen LogP contribution in [0.25, 0.3) is 0 Å². The third-order valence-electron chi connectivity index (χ3n) is 7.83. The van der Waals surface area contributed by atoms with Gasteiger partial charge in [0.25, 0.3) is 0 Å². The van der Waals surface area contributed by atoms with E-state index < -0.39 is 10.0 Å². The SMILES string of the molecule is CC(=O)N1CCCN(C)CCN(C(=O)CCc2cc(C3CCCN(S(C)(=O)=O)C3)nc(C)n2)Cc2ccccc21. The van der Waals surface area contributed by atoms with E-state index in [1.807, 2.05) is 54.1 Å². The first-order valence-corrected chi connectivity index (χ1v) is 16.0. The normalized spacial score (nSPS) is 20.1. The van der Waals surface area contributed by atoms with Crippen LogP contribution in [0, 0.1) is 6.92 Å². The van der Waals surface area contributed by atoms with Crippen LogP contribution < -0.4 is 4.90 Å². The molecule has 4 rings (SSSR count). The molecule has 1 aromatic carbocycles. The number of anilines is 1. The summed E-state index contributed by atoms with van der Waals surface area (Å²) in [5.41, 5.74) is 3.47. The first-order valence-electron chi connectivity index (χ1n) is 14.1. The van der Waals surface area contributed by atoms with Crippen LogP contribution in [-0.2, 0) is 32.6 Å². The topological polar surface area (TPSA) is 107 Å². The van der Waals surface area contributed by atoms with E-state index in [0.29, 0.717) is 51.4 Å². The number of para-hydroxylation sites is 1. The van der Waals surface area contributed by atoms with Crippen molar-refractivity contribution in [1.82, 2.24) is 24.1 Å². The van der Waals surface area contributed by atoms with E-state index in [2.05, 4.69) is 14.9 Å². The van der Waals surface area contributed by atoms with Crippen molar-refractivity contribution >= 4 is 27.5 Å². The predicted octanol–water partition coefficient (Wildman–Crippen LogP) is 2.57. The van der Waals surface area contributed by atoms with Crippen LogP contribution >= 0.6 is 0 Å². The van der Waals surface area contributed by atoms with Crippen LogP contribution in [0.3, 0.4) is 0 Å². The molecular formula is C29H42N6O4S. The number of aromatic nitrogens is 2. The number of hydrogen-bond acceptors (Lipinski definition) is 7.